The average Bonchev–Trinajstić information content (AvgIpc) is 3.58. The van der Waals surface area contributed by atoms with Crippen molar-refractivity contribution in [1.29, 1.82) is 0 Å². The van der Waals surface area contributed by atoms with Crippen LogP contribution < -0.4 is 16.4 Å². The third-order valence-electron chi connectivity index (χ3n) is 4.85. The van der Waals surface area contributed by atoms with Crippen LogP contribution in [0.1, 0.15) is 5.56 Å². The summed E-state index contributed by atoms with van der Waals surface area (Å²) in [6.45, 7) is 0.165. The lowest BCUT2D eigenvalue weighted by Crippen LogP contribution is -2.23. The van der Waals surface area contributed by atoms with Crippen molar-refractivity contribution in [3.05, 3.63) is 71.3 Å². The molecule has 1 aliphatic heterocycles. The second kappa shape index (κ2) is 8.74. The number of benzene rings is 1. The standard InChI is InChI=1S/C21H17FN8O2S/c22-13-4-2-1-3-12(13)9-30-18(14-5-6-32-29-14)7-15(28-30)20-24-8-16(19(23)27-20)26-21(31)17-10-33-11-25-17/h1-8,10,25H,9,11H2,(H,26,31)(H2,23,24,27). The highest BCUT2D eigenvalue weighted by atomic mass is 32.2. The minimum Gasteiger partial charge on any atom is -0.382 e. The molecule has 4 aromatic rings. The van der Waals surface area contributed by atoms with Crippen molar-refractivity contribution in [2.24, 2.45) is 0 Å². The van der Waals surface area contributed by atoms with E-state index in [0.29, 0.717) is 34.2 Å². The normalized spacial score (nSPS) is 12.9. The second-order valence-electron chi connectivity index (χ2n) is 7.01. The lowest BCUT2D eigenvalue weighted by Gasteiger charge is -2.08. The number of aromatic nitrogens is 5. The van der Waals surface area contributed by atoms with Gasteiger partial charge in [0.25, 0.3) is 5.91 Å². The first kappa shape index (κ1) is 20.7. The molecule has 3 aromatic heterocycles. The van der Waals surface area contributed by atoms with E-state index < -0.39 is 0 Å². The molecule has 0 saturated heterocycles. The maximum Gasteiger partial charge on any atom is 0.272 e. The molecule has 0 fully saturated rings. The van der Waals surface area contributed by atoms with Gasteiger partial charge in [-0.3, -0.25) is 9.48 Å². The molecule has 1 aliphatic rings. The van der Waals surface area contributed by atoms with Crippen LogP contribution in [0.3, 0.4) is 0 Å². The number of hydrogen-bond acceptors (Lipinski definition) is 9. The summed E-state index contributed by atoms with van der Waals surface area (Å²) in [7, 11) is 0. The van der Waals surface area contributed by atoms with E-state index in [-0.39, 0.29) is 35.6 Å². The quantitative estimate of drug-likeness (QED) is 0.393. The van der Waals surface area contributed by atoms with Gasteiger partial charge in [-0.05, 0) is 12.1 Å². The number of nitrogen functional groups attached to an aromatic ring is 1. The van der Waals surface area contributed by atoms with Crippen LogP contribution in [0.4, 0.5) is 15.9 Å². The van der Waals surface area contributed by atoms with Gasteiger partial charge in [-0.15, -0.1) is 11.8 Å². The van der Waals surface area contributed by atoms with Gasteiger partial charge in [-0.1, -0.05) is 23.4 Å². The fraction of sp³-hybridized carbons (Fsp3) is 0.0952. The Morgan fingerprint density at radius 3 is 2.91 bits per heavy atom. The van der Waals surface area contributed by atoms with Crippen molar-refractivity contribution in [3.63, 3.8) is 0 Å². The van der Waals surface area contributed by atoms with E-state index in [4.69, 9.17) is 10.3 Å². The molecule has 0 radical (unpaired) electrons. The molecule has 0 atom stereocenters. The Labute approximate surface area is 191 Å². The van der Waals surface area contributed by atoms with E-state index in [9.17, 15) is 9.18 Å². The predicted octanol–water partition coefficient (Wildman–Crippen LogP) is 2.84. The summed E-state index contributed by atoms with van der Waals surface area (Å²) < 4.78 is 20.8. The number of nitrogens with one attached hydrogen (secondary N) is 2. The fourth-order valence-electron chi connectivity index (χ4n) is 3.21. The topological polar surface area (TPSA) is 137 Å². The van der Waals surface area contributed by atoms with Crippen LogP contribution in [0.25, 0.3) is 22.9 Å². The highest BCUT2D eigenvalue weighted by Gasteiger charge is 2.19. The molecule has 166 valence electrons. The van der Waals surface area contributed by atoms with Crippen LogP contribution in [0, 0.1) is 5.82 Å². The Hall–Kier alpha value is -4.19. The molecule has 4 heterocycles. The van der Waals surface area contributed by atoms with Gasteiger partial charge in [0.15, 0.2) is 11.6 Å². The minimum atomic E-state index is -0.341. The van der Waals surface area contributed by atoms with E-state index in [1.807, 2.05) is 0 Å². The van der Waals surface area contributed by atoms with Gasteiger partial charge < -0.3 is 20.9 Å². The van der Waals surface area contributed by atoms with Crippen LogP contribution in [0.15, 0.2) is 64.5 Å². The average molecular weight is 464 g/mol. The molecule has 10 nitrogen and oxygen atoms in total. The van der Waals surface area contributed by atoms with E-state index in [1.54, 1.807) is 40.4 Å². The molecule has 12 heteroatoms. The Morgan fingerprint density at radius 1 is 1.30 bits per heavy atom. The summed E-state index contributed by atoms with van der Waals surface area (Å²) in [4.78, 5) is 20.9. The number of amides is 1. The summed E-state index contributed by atoms with van der Waals surface area (Å²) in [6, 6.07) is 9.85. The van der Waals surface area contributed by atoms with Gasteiger partial charge in [0.2, 0.25) is 0 Å². The molecule has 0 spiro atoms. The van der Waals surface area contributed by atoms with E-state index in [0.717, 1.165) is 0 Å². The SMILES string of the molecule is Nc1nc(-c2cc(-c3ccon3)n(Cc3ccccc3F)n2)ncc1NC(=O)C1=CSCN1. The number of nitrogens with two attached hydrogens (primary N) is 1. The highest BCUT2D eigenvalue weighted by molar-refractivity contribution is 8.02. The van der Waals surface area contributed by atoms with Crippen molar-refractivity contribution in [1.82, 2.24) is 30.2 Å². The van der Waals surface area contributed by atoms with Crippen LogP contribution in [0.2, 0.25) is 0 Å². The van der Waals surface area contributed by atoms with Crippen LogP contribution in [-0.4, -0.2) is 36.7 Å². The molecule has 0 saturated carbocycles. The Kier molecular flexibility index (Phi) is 5.48. The number of anilines is 2. The van der Waals surface area contributed by atoms with Gasteiger partial charge in [0.05, 0.1) is 24.3 Å². The molecular formula is C21H17FN8O2S. The van der Waals surface area contributed by atoms with Crippen LogP contribution >= 0.6 is 11.8 Å². The van der Waals surface area contributed by atoms with Crippen molar-refractivity contribution >= 4 is 29.2 Å². The third kappa shape index (κ3) is 4.28. The monoisotopic (exact) mass is 464 g/mol. The molecule has 0 bridgehead atoms. The summed E-state index contributed by atoms with van der Waals surface area (Å²) in [6.07, 6.45) is 2.86. The molecule has 5 rings (SSSR count). The van der Waals surface area contributed by atoms with Crippen LogP contribution in [0.5, 0.6) is 0 Å². The lowest BCUT2D eigenvalue weighted by molar-refractivity contribution is -0.113. The first-order chi connectivity index (χ1) is 16.1. The van der Waals surface area contributed by atoms with Crippen molar-refractivity contribution in [3.8, 4) is 22.9 Å². The molecule has 1 amide bonds. The smallest absolute Gasteiger partial charge is 0.272 e. The summed E-state index contributed by atoms with van der Waals surface area (Å²) >= 11 is 1.49. The second-order valence-corrected chi connectivity index (χ2v) is 7.87. The Bertz CT molecular complexity index is 1350. The molecule has 0 unspecified atom stereocenters. The zero-order chi connectivity index (χ0) is 22.8. The van der Waals surface area contributed by atoms with Crippen molar-refractivity contribution in [2.75, 3.05) is 16.9 Å². The summed E-state index contributed by atoms with van der Waals surface area (Å²) in [5.41, 5.74) is 8.79. The van der Waals surface area contributed by atoms with E-state index >= 15 is 0 Å². The summed E-state index contributed by atoms with van der Waals surface area (Å²) in [5.74, 6) is 0.302. The molecular weight excluding hydrogens is 447 g/mol. The molecule has 0 aliphatic carbocycles. The first-order valence-electron chi connectivity index (χ1n) is 9.80. The Morgan fingerprint density at radius 2 is 2.18 bits per heavy atom. The van der Waals surface area contributed by atoms with Crippen molar-refractivity contribution < 1.29 is 13.7 Å². The number of hydrogen-bond donors (Lipinski definition) is 3. The summed E-state index contributed by atoms with van der Waals surface area (Å²) in [5, 5.41) is 15.9. The van der Waals surface area contributed by atoms with E-state index in [2.05, 4.69) is 30.9 Å². The van der Waals surface area contributed by atoms with Gasteiger partial charge in [-0.2, -0.15) is 5.10 Å². The maximum absolute atomic E-state index is 14.2. The van der Waals surface area contributed by atoms with Crippen molar-refractivity contribution in [2.45, 2.75) is 6.54 Å². The Balaban J connectivity index is 1.46. The maximum atomic E-state index is 14.2. The first-order valence-corrected chi connectivity index (χ1v) is 10.9. The third-order valence-corrected chi connectivity index (χ3v) is 5.56. The van der Waals surface area contributed by atoms with Gasteiger partial charge >= 0.3 is 0 Å². The zero-order valence-corrected chi connectivity index (χ0v) is 17.8. The number of nitrogens with zero attached hydrogens (tertiary/aromatic N) is 5. The van der Waals surface area contributed by atoms with Gasteiger partial charge in [-0.25, -0.2) is 14.4 Å². The van der Waals surface area contributed by atoms with Gasteiger partial charge in [0.1, 0.15) is 34.9 Å². The lowest BCUT2D eigenvalue weighted by atomic mass is 10.2. The largest absolute Gasteiger partial charge is 0.382 e. The number of carbonyl (C=O) groups excluding carboxylic acids is 1. The van der Waals surface area contributed by atoms with Gasteiger partial charge in [0, 0.05) is 17.0 Å². The number of thioether (sulfide) groups is 1. The number of carbonyl (C=O) groups is 1. The molecule has 1 aromatic carbocycles. The highest BCUT2D eigenvalue weighted by Crippen LogP contribution is 2.27. The minimum absolute atomic E-state index is 0.0891. The molecule has 4 N–H and O–H groups in total. The number of rotatable bonds is 6. The zero-order valence-electron chi connectivity index (χ0n) is 17.0. The predicted molar refractivity (Wildman–Crippen MR) is 121 cm³/mol. The molecule has 33 heavy (non-hydrogen) atoms. The van der Waals surface area contributed by atoms with E-state index in [1.165, 1.54) is 30.3 Å². The van der Waals surface area contributed by atoms with Crippen LogP contribution in [-0.2, 0) is 11.3 Å². The fourth-order valence-corrected chi connectivity index (χ4v) is 3.89. The number of halogens is 1.